The minimum absolute atomic E-state index is 0.00584. The summed E-state index contributed by atoms with van der Waals surface area (Å²) in [5, 5.41) is 19.9. The van der Waals surface area contributed by atoms with E-state index in [0.29, 0.717) is 0 Å². The molecule has 17 heavy (non-hydrogen) atoms. The number of aliphatic carboxylic acids is 1. The van der Waals surface area contributed by atoms with E-state index >= 15 is 0 Å². The summed E-state index contributed by atoms with van der Waals surface area (Å²) in [6.07, 6.45) is 1.95. The minimum Gasteiger partial charge on any atom is -0.479 e. The summed E-state index contributed by atoms with van der Waals surface area (Å²) in [5.41, 5.74) is 0.781. The molecule has 0 saturated heterocycles. The Balaban J connectivity index is 2.25. The summed E-state index contributed by atoms with van der Waals surface area (Å²) < 4.78 is 0. The van der Waals surface area contributed by atoms with Crippen molar-refractivity contribution in [2.24, 2.45) is 0 Å². The van der Waals surface area contributed by atoms with Gasteiger partial charge < -0.3 is 15.5 Å². The number of nitrogens with zero attached hydrogens (tertiary/aromatic N) is 1. The van der Waals surface area contributed by atoms with Crippen LogP contribution in [0.25, 0.3) is 0 Å². The average molecular weight is 238 g/mol. The Kier molecular flexibility index (Phi) is 5.09. The fourth-order valence-electron chi connectivity index (χ4n) is 1.22. The number of pyridine rings is 1. The van der Waals surface area contributed by atoms with E-state index in [1.807, 2.05) is 0 Å². The lowest BCUT2D eigenvalue weighted by Crippen LogP contribution is -2.30. The molecule has 1 unspecified atom stereocenters. The van der Waals surface area contributed by atoms with E-state index in [-0.39, 0.29) is 25.3 Å². The molecular weight excluding hydrogens is 224 g/mol. The van der Waals surface area contributed by atoms with Crippen LogP contribution < -0.4 is 5.32 Å². The number of carbonyl (C=O) groups excluding carboxylic acids is 1. The van der Waals surface area contributed by atoms with Gasteiger partial charge in [-0.3, -0.25) is 9.78 Å². The smallest absolute Gasteiger partial charge is 0.332 e. The van der Waals surface area contributed by atoms with Crippen molar-refractivity contribution in [2.45, 2.75) is 18.9 Å². The molecule has 0 saturated carbocycles. The van der Waals surface area contributed by atoms with Crippen molar-refractivity contribution < 1.29 is 19.8 Å². The van der Waals surface area contributed by atoms with Crippen LogP contribution in [-0.2, 0) is 16.0 Å². The number of carbonyl (C=O) groups is 2. The molecule has 0 aliphatic carbocycles. The molecule has 0 spiro atoms. The van der Waals surface area contributed by atoms with Gasteiger partial charge in [0.2, 0.25) is 5.91 Å². The van der Waals surface area contributed by atoms with Crippen molar-refractivity contribution in [1.82, 2.24) is 10.3 Å². The SMILES string of the molecule is O=C(Cc1cccnc1)NCCC(O)C(=O)O. The van der Waals surface area contributed by atoms with Gasteiger partial charge in [0.1, 0.15) is 0 Å². The maximum Gasteiger partial charge on any atom is 0.332 e. The van der Waals surface area contributed by atoms with Crippen molar-refractivity contribution in [3.63, 3.8) is 0 Å². The molecular formula is C11H14N2O4. The van der Waals surface area contributed by atoms with E-state index in [1.54, 1.807) is 24.5 Å². The second-order valence-electron chi connectivity index (χ2n) is 3.53. The van der Waals surface area contributed by atoms with Gasteiger partial charge in [-0.2, -0.15) is 0 Å². The molecule has 0 aliphatic rings. The van der Waals surface area contributed by atoms with E-state index in [9.17, 15) is 9.59 Å². The lowest BCUT2D eigenvalue weighted by Gasteiger charge is -2.07. The van der Waals surface area contributed by atoms with E-state index in [1.165, 1.54) is 0 Å². The first kappa shape index (κ1) is 13.1. The standard InChI is InChI=1S/C11H14N2O4/c14-9(11(16)17)3-5-13-10(15)6-8-2-1-4-12-7-8/h1-2,4,7,9,14H,3,5-6H2,(H,13,15)(H,16,17). The van der Waals surface area contributed by atoms with Crippen molar-refractivity contribution >= 4 is 11.9 Å². The predicted molar refractivity (Wildman–Crippen MR) is 59.2 cm³/mol. The van der Waals surface area contributed by atoms with Gasteiger partial charge in [-0.05, 0) is 11.6 Å². The first-order chi connectivity index (χ1) is 8.09. The van der Waals surface area contributed by atoms with Crippen LogP contribution >= 0.6 is 0 Å². The highest BCUT2D eigenvalue weighted by Gasteiger charge is 2.12. The van der Waals surface area contributed by atoms with Crippen LogP contribution in [-0.4, -0.2) is 39.7 Å². The van der Waals surface area contributed by atoms with E-state index in [0.717, 1.165) is 5.56 Å². The van der Waals surface area contributed by atoms with Crippen molar-refractivity contribution in [1.29, 1.82) is 0 Å². The fraction of sp³-hybridized carbons (Fsp3) is 0.364. The summed E-state index contributed by atoms with van der Waals surface area (Å²) in [4.78, 5) is 25.6. The zero-order valence-corrected chi connectivity index (χ0v) is 9.17. The highest BCUT2D eigenvalue weighted by Crippen LogP contribution is 1.97. The molecule has 6 heteroatoms. The third-order valence-electron chi connectivity index (χ3n) is 2.11. The van der Waals surface area contributed by atoms with Crippen LogP contribution in [0.3, 0.4) is 0 Å². The minimum atomic E-state index is -1.44. The number of aliphatic hydroxyl groups excluding tert-OH is 1. The summed E-state index contributed by atoms with van der Waals surface area (Å²) in [6.45, 7) is 0.132. The van der Waals surface area contributed by atoms with Gasteiger partial charge in [0.15, 0.2) is 6.10 Å². The molecule has 0 bridgehead atoms. The van der Waals surface area contributed by atoms with Crippen molar-refractivity contribution in [3.8, 4) is 0 Å². The lowest BCUT2D eigenvalue weighted by molar-refractivity contribution is -0.147. The number of rotatable bonds is 6. The molecule has 0 radical (unpaired) electrons. The van der Waals surface area contributed by atoms with Crippen LogP contribution in [0.15, 0.2) is 24.5 Å². The maximum absolute atomic E-state index is 11.4. The number of nitrogens with one attached hydrogen (secondary N) is 1. The molecule has 3 N–H and O–H groups in total. The molecule has 1 heterocycles. The molecule has 0 aromatic carbocycles. The first-order valence-corrected chi connectivity index (χ1v) is 5.16. The number of hydrogen-bond acceptors (Lipinski definition) is 4. The normalized spacial score (nSPS) is 11.8. The number of hydrogen-bond donors (Lipinski definition) is 3. The van der Waals surface area contributed by atoms with Crippen LogP contribution in [0.5, 0.6) is 0 Å². The van der Waals surface area contributed by atoms with Crippen LogP contribution in [0.2, 0.25) is 0 Å². The molecule has 92 valence electrons. The Morgan fingerprint density at radius 2 is 2.24 bits per heavy atom. The zero-order valence-electron chi connectivity index (χ0n) is 9.17. The third kappa shape index (κ3) is 5.07. The highest BCUT2D eigenvalue weighted by molar-refractivity contribution is 5.78. The predicted octanol–water partition coefficient (Wildman–Crippen LogP) is -0.424. The molecule has 1 amide bonds. The Labute approximate surface area is 98.3 Å². The Morgan fingerprint density at radius 3 is 2.82 bits per heavy atom. The van der Waals surface area contributed by atoms with E-state index in [2.05, 4.69) is 10.3 Å². The van der Waals surface area contributed by atoms with Gasteiger partial charge in [-0.15, -0.1) is 0 Å². The van der Waals surface area contributed by atoms with Gasteiger partial charge in [-0.1, -0.05) is 6.07 Å². The topological polar surface area (TPSA) is 99.5 Å². The Morgan fingerprint density at radius 1 is 1.47 bits per heavy atom. The van der Waals surface area contributed by atoms with Gasteiger partial charge in [-0.25, -0.2) is 4.79 Å². The van der Waals surface area contributed by atoms with Gasteiger partial charge in [0.05, 0.1) is 6.42 Å². The monoisotopic (exact) mass is 238 g/mol. The van der Waals surface area contributed by atoms with Gasteiger partial charge >= 0.3 is 5.97 Å². The van der Waals surface area contributed by atoms with E-state index in [4.69, 9.17) is 10.2 Å². The zero-order chi connectivity index (χ0) is 12.7. The maximum atomic E-state index is 11.4. The third-order valence-corrected chi connectivity index (χ3v) is 2.11. The second kappa shape index (κ2) is 6.59. The fourth-order valence-corrected chi connectivity index (χ4v) is 1.22. The van der Waals surface area contributed by atoms with Crippen LogP contribution in [0.4, 0.5) is 0 Å². The number of carboxylic acid groups (broad SMARTS) is 1. The number of aromatic nitrogens is 1. The summed E-state index contributed by atoms with van der Waals surface area (Å²) in [6, 6.07) is 3.51. The quantitative estimate of drug-likeness (QED) is 0.625. The van der Waals surface area contributed by atoms with Crippen molar-refractivity contribution in [3.05, 3.63) is 30.1 Å². The number of amides is 1. The average Bonchev–Trinajstić information content (AvgIpc) is 2.30. The lowest BCUT2D eigenvalue weighted by atomic mass is 10.2. The molecule has 1 atom stereocenters. The molecule has 1 aromatic heterocycles. The molecule has 1 rings (SSSR count). The number of carboxylic acids is 1. The van der Waals surface area contributed by atoms with Crippen LogP contribution in [0, 0.1) is 0 Å². The summed E-state index contributed by atoms with van der Waals surface area (Å²) in [5.74, 6) is -1.51. The molecule has 6 nitrogen and oxygen atoms in total. The van der Waals surface area contributed by atoms with E-state index < -0.39 is 12.1 Å². The van der Waals surface area contributed by atoms with Gasteiger partial charge in [0.25, 0.3) is 0 Å². The first-order valence-electron chi connectivity index (χ1n) is 5.16. The summed E-state index contributed by atoms with van der Waals surface area (Å²) >= 11 is 0. The highest BCUT2D eigenvalue weighted by atomic mass is 16.4. The van der Waals surface area contributed by atoms with Crippen molar-refractivity contribution in [2.75, 3.05) is 6.54 Å². The second-order valence-corrected chi connectivity index (χ2v) is 3.53. The Bertz CT molecular complexity index is 380. The largest absolute Gasteiger partial charge is 0.479 e. The van der Waals surface area contributed by atoms with Gasteiger partial charge in [0, 0.05) is 25.4 Å². The summed E-state index contributed by atoms with van der Waals surface area (Å²) in [7, 11) is 0. The molecule has 0 aliphatic heterocycles. The van der Waals surface area contributed by atoms with Crippen LogP contribution in [0.1, 0.15) is 12.0 Å². The Hall–Kier alpha value is -1.95. The molecule has 0 fully saturated rings. The molecule has 1 aromatic rings. The number of aliphatic hydroxyl groups is 1.